The molecular formula is C29H23NO4. The van der Waals surface area contributed by atoms with Crippen LogP contribution in [0.2, 0.25) is 0 Å². The predicted molar refractivity (Wildman–Crippen MR) is 132 cm³/mol. The van der Waals surface area contributed by atoms with Gasteiger partial charge in [0.1, 0.15) is 6.61 Å². The molecule has 5 nitrogen and oxygen atoms in total. The summed E-state index contributed by atoms with van der Waals surface area (Å²) in [6.07, 6.45) is 1.83. The minimum absolute atomic E-state index is 0.197. The minimum Gasteiger partial charge on any atom is -0.490 e. The van der Waals surface area contributed by atoms with E-state index in [4.69, 9.17) is 18.9 Å². The average molecular weight is 450 g/mol. The zero-order valence-corrected chi connectivity index (χ0v) is 18.8. The van der Waals surface area contributed by atoms with Crippen molar-refractivity contribution in [3.63, 3.8) is 0 Å². The largest absolute Gasteiger partial charge is 0.490 e. The Balaban J connectivity index is 1.41. The second kappa shape index (κ2) is 9.60. The fraction of sp³-hybridized carbons (Fsp3) is 0.138. The fourth-order valence-corrected chi connectivity index (χ4v) is 3.99. The molecule has 0 atom stereocenters. The number of rotatable bonds is 7. The van der Waals surface area contributed by atoms with Crippen LogP contribution in [-0.4, -0.2) is 13.4 Å². The molecular weight excluding hydrogens is 426 g/mol. The van der Waals surface area contributed by atoms with E-state index < -0.39 is 0 Å². The first-order valence-electron chi connectivity index (χ1n) is 11.1. The lowest BCUT2D eigenvalue weighted by atomic mass is 10.0. The smallest absolute Gasteiger partial charge is 0.231 e. The first-order chi connectivity index (χ1) is 16.7. The summed E-state index contributed by atoms with van der Waals surface area (Å²) < 4.78 is 22.8. The fourth-order valence-electron chi connectivity index (χ4n) is 3.99. The van der Waals surface area contributed by atoms with Crippen LogP contribution in [0.3, 0.4) is 0 Å². The molecule has 34 heavy (non-hydrogen) atoms. The van der Waals surface area contributed by atoms with Crippen LogP contribution < -0.4 is 18.9 Å². The molecule has 4 aromatic rings. The van der Waals surface area contributed by atoms with Crippen molar-refractivity contribution < 1.29 is 18.9 Å². The first kappa shape index (κ1) is 21.4. The minimum atomic E-state index is 0.197. The molecule has 4 aromatic carbocycles. The predicted octanol–water partition coefficient (Wildman–Crippen LogP) is 6.61. The van der Waals surface area contributed by atoms with Crippen molar-refractivity contribution in [3.8, 4) is 29.1 Å². The zero-order valence-electron chi connectivity index (χ0n) is 18.8. The summed E-state index contributed by atoms with van der Waals surface area (Å²) >= 11 is 0. The molecule has 0 radical (unpaired) electrons. The van der Waals surface area contributed by atoms with Gasteiger partial charge in [0, 0.05) is 0 Å². The Morgan fingerprint density at radius 2 is 1.76 bits per heavy atom. The SMILES string of the molecule is CCOc1cc(/C=C(/C#N)c2ccc3c(c2)OCO3)ccc1OCc1cccc2ccccc12. The highest BCUT2D eigenvalue weighted by Crippen LogP contribution is 2.36. The van der Waals surface area contributed by atoms with Gasteiger partial charge >= 0.3 is 0 Å². The van der Waals surface area contributed by atoms with E-state index in [9.17, 15) is 5.26 Å². The molecule has 1 aliphatic rings. The normalized spacial score (nSPS) is 12.4. The lowest BCUT2D eigenvalue weighted by molar-refractivity contribution is 0.174. The van der Waals surface area contributed by atoms with Gasteiger partial charge in [-0.2, -0.15) is 5.26 Å². The van der Waals surface area contributed by atoms with Crippen LogP contribution >= 0.6 is 0 Å². The van der Waals surface area contributed by atoms with Crippen LogP contribution in [0, 0.1) is 11.3 Å². The molecule has 0 aromatic heterocycles. The standard InChI is InChI=1S/C29H23NO4/c1-2-31-28-15-20(14-24(17-30)22-11-13-27-29(16-22)34-19-33-27)10-12-26(28)32-18-23-8-5-7-21-6-3-4-9-25(21)23/h3-16H,2,18-19H2,1H3/b24-14-. The maximum Gasteiger partial charge on any atom is 0.231 e. The molecule has 5 rings (SSSR count). The third-order valence-electron chi connectivity index (χ3n) is 5.65. The lowest BCUT2D eigenvalue weighted by Gasteiger charge is -2.14. The molecule has 0 unspecified atom stereocenters. The first-order valence-corrected chi connectivity index (χ1v) is 11.1. The van der Waals surface area contributed by atoms with E-state index in [-0.39, 0.29) is 6.79 Å². The van der Waals surface area contributed by atoms with Gasteiger partial charge in [0.25, 0.3) is 0 Å². The molecule has 0 fully saturated rings. The third-order valence-corrected chi connectivity index (χ3v) is 5.65. The average Bonchev–Trinajstić information content (AvgIpc) is 3.35. The Bertz CT molecular complexity index is 1410. The van der Waals surface area contributed by atoms with Gasteiger partial charge in [0.05, 0.1) is 18.2 Å². The highest BCUT2D eigenvalue weighted by molar-refractivity contribution is 5.90. The van der Waals surface area contributed by atoms with Crippen molar-refractivity contribution in [1.29, 1.82) is 5.26 Å². The number of nitrogens with zero attached hydrogens (tertiary/aromatic N) is 1. The van der Waals surface area contributed by atoms with E-state index in [1.807, 2.05) is 67.6 Å². The lowest BCUT2D eigenvalue weighted by Crippen LogP contribution is -2.00. The number of hydrogen-bond acceptors (Lipinski definition) is 5. The number of benzene rings is 4. The summed E-state index contributed by atoms with van der Waals surface area (Å²) in [6, 6.07) is 28.0. The third kappa shape index (κ3) is 4.39. The van der Waals surface area contributed by atoms with Crippen molar-refractivity contribution in [3.05, 3.63) is 95.6 Å². The van der Waals surface area contributed by atoms with Crippen LogP contribution in [0.4, 0.5) is 0 Å². The molecule has 0 aliphatic carbocycles. The molecule has 168 valence electrons. The summed E-state index contributed by atoms with van der Waals surface area (Å²) in [4.78, 5) is 0. The molecule has 0 spiro atoms. The topological polar surface area (TPSA) is 60.7 Å². The van der Waals surface area contributed by atoms with E-state index in [0.717, 1.165) is 16.7 Å². The number of hydrogen-bond donors (Lipinski definition) is 0. The van der Waals surface area contributed by atoms with Crippen molar-refractivity contribution in [2.75, 3.05) is 13.4 Å². The second-order valence-electron chi connectivity index (χ2n) is 7.80. The summed E-state index contributed by atoms with van der Waals surface area (Å²) in [6.45, 7) is 3.06. The molecule has 1 heterocycles. The van der Waals surface area contributed by atoms with E-state index in [0.29, 0.717) is 41.8 Å². The van der Waals surface area contributed by atoms with E-state index in [1.54, 1.807) is 0 Å². The Morgan fingerprint density at radius 1 is 0.912 bits per heavy atom. The summed E-state index contributed by atoms with van der Waals surface area (Å²) in [5.41, 5.74) is 3.24. The highest BCUT2D eigenvalue weighted by atomic mass is 16.7. The van der Waals surface area contributed by atoms with Crippen molar-refractivity contribution >= 4 is 22.4 Å². The molecule has 0 N–H and O–H groups in total. The van der Waals surface area contributed by atoms with Gasteiger partial charge in [0.2, 0.25) is 6.79 Å². The molecule has 0 saturated carbocycles. The van der Waals surface area contributed by atoms with Gasteiger partial charge in [-0.1, -0.05) is 48.5 Å². The molecule has 5 heteroatoms. The van der Waals surface area contributed by atoms with Crippen molar-refractivity contribution in [2.24, 2.45) is 0 Å². The highest BCUT2D eigenvalue weighted by Gasteiger charge is 2.15. The van der Waals surface area contributed by atoms with E-state index in [1.165, 1.54) is 10.8 Å². The Hall–Kier alpha value is -4.43. The Labute approximate surface area is 198 Å². The molecule has 0 saturated heterocycles. The summed E-state index contributed by atoms with van der Waals surface area (Å²) in [5, 5.41) is 12.1. The monoisotopic (exact) mass is 449 g/mol. The number of nitriles is 1. The van der Waals surface area contributed by atoms with Crippen LogP contribution in [-0.2, 0) is 6.61 Å². The van der Waals surface area contributed by atoms with Crippen LogP contribution in [0.1, 0.15) is 23.6 Å². The Kier molecular flexibility index (Phi) is 6.05. The van der Waals surface area contributed by atoms with E-state index >= 15 is 0 Å². The number of ether oxygens (including phenoxy) is 4. The molecule has 0 amide bonds. The van der Waals surface area contributed by atoms with Crippen LogP contribution in [0.5, 0.6) is 23.0 Å². The van der Waals surface area contributed by atoms with Crippen molar-refractivity contribution in [1.82, 2.24) is 0 Å². The van der Waals surface area contributed by atoms with Crippen molar-refractivity contribution in [2.45, 2.75) is 13.5 Å². The van der Waals surface area contributed by atoms with Gasteiger partial charge in [-0.05, 0) is 70.8 Å². The molecule has 1 aliphatic heterocycles. The Morgan fingerprint density at radius 3 is 2.65 bits per heavy atom. The van der Waals surface area contributed by atoms with E-state index in [2.05, 4.69) is 30.3 Å². The second-order valence-corrected chi connectivity index (χ2v) is 7.80. The summed E-state index contributed by atoms with van der Waals surface area (Å²) in [5.74, 6) is 2.63. The van der Waals surface area contributed by atoms with Gasteiger partial charge in [-0.3, -0.25) is 0 Å². The van der Waals surface area contributed by atoms with Gasteiger partial charge < -0.3 is 18.9 Å². The van der Waals surface area contributed by atoms with Gasteiger partial charge in [0.15, 0.2) is 23.0 Å². The van der Waals surface area contributed by atoms with Gasteiger partial charge in [-0.25, -0.2) is 0 Å². The zero-order chi connectivity index (χ0) is 23.3. The van der Waals surface area contributed by atoms with Crippen LogP contribution in [0.25, 0.3) is 22.4 Å². The molecule has 0 bridgehead atoms. The van der Waals surface area contributed by atoms with Gasteiger partial charge in [-0.15, -0.1) is 0 Å². The quantitative estimate of drug-likeness (QED) is 0.235. The number of fused-ring (bicyclic) bond motifs is 2. The van der Waals surface area contributed by atoms with Crippen LogP contribution in [0.15, 0.2) is 78.9 Å². The summed E-state index contributed by atoms with van der Waals surface area (Å²) in [7, 11) is 0. The maximum atomic E-state index is 9.77. The number of allylic oxidation sites excluding steroid dienone is 1. The maximum absolute atomic E-state index is 9.77.